The zero-order valence-corrected chi connectivity index (χ0v) is 16.4. The average Bonchev–Trinajstić information content (AvgIpc) is 3.19. The second-order valence-corrected chi connectivity index (χ2v) is 6.65. The molecule has 3 aromatic rings. The van der Waals surface area contributed by atoms with Gasteiger partial charge in [0.15, 0.2) is 6.61 Å². The first-order valence-corrected chi connectivity index (χ1v) is 9.48. The maximum Gasteiger partial charge on any atom is 0.339 e. The van der Waals surface area contributed by atoms with E-state index in [1.807, 2.05) is 24.3 Å². The summed E-state index contributed by atoms with van der Waals surface area (Å²) in [7, 11) is 1.59. The van der Waals surface area contributed by atoms with Crippen LogP contribution in [0.4, 0.5) is 0 Å². The van der Waals surface area contributed by atoms with E-state index in [4.69, 9.17) is 21.1 Å². The smallest absolute Gasteiger partial charge is 0.339 e. The number of thioether (sulfide) groups is 1. The van der Waals surface area contributed by atoms with E-state index in [0.29, 0.717) is 27.2 Å². The number of aromatic nitrogens is 4. The van der Waals surface area contributed by atoms with E-state index < -0.39 is 5.97 Å². The maximum atomic E-state index is 11.9. The Balaban J connectivity index is 1.52. The molecule has 0 unspecified atom stereocenters. The number of carbonyl (C=O) groups excluding carboxylic acids is 1. The van der Waals surface area contributed by atoms with Gasteiger partial charge in [-0.25, -0.2) is 4.79 Å². The van der Waals surface area contributed by atoms with Crippen molar-refractivity contribution in [2.24, 2.45) is 0 Å². The van der Waals surface area contributed by atoms with Crippen LogP contribution in [0.1, 0.15) is 10.4 Å². The summed E-state index contributed by atoms with van der Waals surface area (Å²) >= 11 is 7.15. The summed E-state index contributed by atoms with van der Waals surface area (Å²) in [6, 6.07) is 13.9. The summed E-state index contributed by atoms with van der Waals surface area (Å²) in [6.07, 6.45) is 0. The van der Waals surface area contributed by atoms with E-state index in [2.05, 4.69) is 27.4 Å². The number of hydrogen-bond donors (Lipinski definition) is 0. The van der Waals surface area contributed by atoms with Crippen molar-refractivity contribution in [3.8, 4) is 23.3 Å². The molecule has 0 spiro atoms. The normalized spacial score (nSPS) is 10.1. The number of halogens is 1. The second-order valence-electron chi connectivity index (χ2n) is 5.27. The standard InChI is InChI=1S/C19H15ClN4O3S/c1-26-17-7-3-2-6-16(17)24-19(21-22-23-24)28-13-5-4-12-27-18(25)14-8-10-15(20)11-9-14/h2-3,6-11H,12-13H2,1H3. The van der Waals surface area contributed by atoms with Gasteiger partial charge in [-0.2, -0.15) is 4.68 Å². The van der Waals surface area contributed by atoms with Crippen molar-refractivity contribution in [1.29, 1.82) is 0 Å². The minimum absolute atomic E-state index is 0.000527. The van der Waals surface area contributed by atoms with Crippen molar-refractivity contribution in [3.05, 3.63) is 59.1 Å². The molecule has 0 aliphatic carbocycles. The van der Waals surface area contributed by atoms with Crippen molar-refractivity contribution in [2.75, 3.05) is 19.5 Å². The predicted octanol–water partition coefficient (Wildman–Crippen LogP) is 3.28. The third-order valence-corrected chi connectivity index (χ3v) is 4.56. The molecule has 7 nitrogen and oxygen atoms in total. The largest absolute Gasteiger partial charge is 0.494 e. The van der Waals surface area contributed by atoms with Crippen LogP contribution in [0.15, 0.2) is 53.7 Å². The van der Waals surface area contributed by atoms with Crippen LogP contribution in [0, 0.1) is 11.8 Å². The Kier molecular flexibility index (Phi) is 6.89. The van der Waals surface area contributed by atoms with Crippen molar-refractivity contribution >= 4 is 29.3 Å². The van der Waals surface area contributed by atoms with Crippen molar-refractivity contribution in [3.63, 3.8) is 0 Å². The Labute approximate surface area is 171 Å². The number of methoxy groups -OCH3 is 1. The van der Waals surface area contributed by atoms with E-state index in [-0.39, 0.29) is 6.61 Å². The van der Waals surface area contributed by atoms with Crippen LogP contribution in [-0.4, -0.2) is 45.6 Å². The van der Waals surface area contributed by atoms with Gasteiger partial charge in [-0.05, 0) is 46.8 Å². The molecule has 3 rings (SSSR count). The molecule has 1 heterocycles. The maximum absolute atomic E-state index is 11.9. The minimum atomic E-state index is -0.446. The van der Waals surface area contributed by atoms with E-state index >= 15 is 0 Å². The summed E-state index contributed by atoms with van der Waals surface area (Å²) in [5.41, 5.74) is 1.17. The lowest BCUT2D eigenvalue weighted by atomic mass is 10.2. The van der Waals surface area contributed by atoms with Gasteiger partial charge in [-0.3, -0.25) is 0 Å². The molecule has 2 aromatic carbocycles. The summed E-state index contributed by atoms with van der Waals surface area (Å²) < 4.78 is 12.0. The van der Waals surface area contributed by atoms with Gasteiger partial charge < -0.3 is 9.47 Å². The van der Waals surface area contributed by atoms with Gasteiger partial charge in [0.1, 0.15) is 11.4 Å². The number of ether oxygens (including phenoxy) is 2. The Hall–Kier alpha value is -3.02. The molecule has 0 amide bonds. The molecule has 0 saturated carbocycles. The van der Waals surface area contributed by atoms with Crippen LogP contribution >= 0.6 is 23.4 Å². The van der Waals surface area contributed by atoms with Crippen molar-refractivity contribution in [2.45, 2.75) is 5.16 Å². The first-order valence-electron chi connectivity index (χ1n) is 8.12. The highest BCUT2D eigenvalue weighted by Crippen LogP contribution is 2.25. The van der Waals surface area contributed by atoms with Gasteiger partial charge in [-0.15, -0.1) is 5.10 Å². The number of nitrogens with zero attached hydrogens (tertiary/aromatic N) is 4. The lowest BCUT2D eigenvalue weighted by molar-refractivity contribution is 0.0556. The Bertz CT molecular complexity index is 1010. The SMILES string of the molecule is COc1ccccc1-n1nnnc1SCC#CCOC(=O)c1ccc(Cl)cc1. The molecule has 0 saturated heterocycles. The van der Waals surface area contributed by atoms with Gasteiger partial charge >= 0.3 is 5.97 Å². The molecule has 0 aliphatic rings. The van der Waals surface area contributed by atoms with Crippen molar-refractivity contribution in [1.82, 2.24) is 20.2 Å². The first-order chi connectivity index (χ1) is 13.7. The highest BCUT2D eigenvalue weighted by atomic mass is 35.5. The van der Waals surface area contributed by atoms with E-state index in [1.54, 1.807) is 36.1 Å². The first kappa shape index (κ1) is 19.7. The number of esters is 1. The van der Waals surface area contributed by atoms with Crippen molar-refractivity contribution < 1.29 is 14.3 Å². The van der Waals surface area contributed by atoms with Gasteiger partial charge in [-0.1, -0.05) is 47.3 Å². The Morgan fingerprint density at radius 1 is 1.18 bits per heavy atom. The highest BCUT2D eigenvalue weighted by Gasteiger charge is 2.12. The highest BCUT2D eigenvalue weighted by molar-refractivity contribution is 7.99. The second kappa shape index (κ2) is 9.78. The number of carbonyl (C=O) groups is 1. The van der Waals surface area contributed by atoms with Gasteiger partial charge in [0.05, 0.1) is 18.4 Å². The van der Waals surface area contributed by atoms with Crippen LogP contribution in [0.5, 0.6) is 5.75 Å². The third kappa shape index (κ3) is 5.03. The molecule has 0 atom stereocenters. The summed E-state index contributed by atoms with van der Waals surface area (Å²) in [5, 5.41) is 12.9. The molecule has 28 heavy (non-hydrogen) atoms. The predicted molar refractivity (Wildman–Crippen MR) is 106 cm³/mol. The van der Waals surface area contributed by atoms with Crippen LogP contribution < -0.4 is 4.74 Å². The van der Waals surface area contributed by atoms with Crippen LogP contribution in [-0.2, 0) is 4.74 Å². The van der Waals surface area contributed by atoms with Gasteiger partial charge in [0.25, 0.3) is 0 Å². The topological polar surface area (TPSA) is 79.1 Å². The zero-order chi connectivity index (χ0) is 19.8. The molecular weight excluding hydrogens is 400 g/mol. The lowest BCUT2D eigenvalue weighted by Crippen LogP contribution is -2.05. The fourth-order valence-corrected chi connectivity index (χ4v) is 2.98. The average molecular weight is 415 g/mol. The minimum Gasteiger partial charge on any atom is -0.494 e. The molecule has 0 fully saturated rings. The fraction of sp³-hybridized carbons (Fsp3) is 0.158. The number of rotatable bonds is 6. The summed E-state index contributed by atoms with van der Waals surface area (Å²) in [4.78, 5) is 11.9. The quantitative estimate of drug-likeness (QED) is 0.348. The molecule has 0 N–H and O–H groups in total. The monoisotopic (exact) mass is 414 g/mol. The van der Waals surface area contributed by atoms with E-state index in [1.165, 1.54) is 11.8 Å². The van der Waals surface area contributed by atoms with E-state index in [9.17, 15) is 4.79 Å². The summed E-state index contributed by atoms with van der Waals surface area (Å²) in [5.74, 6) is 6.38. The molecule has 9 heteroatoms. The van der Waals surface area contributed by atoms with Crippen LogP contribution in [0.2, 0.25) is 5.02 Å². The molecule has 0 radical (unpaired) electrons. The molecule has 1 aromatic heterocycles. The number of hydrogen-bond acceptors (Lipinski definition) is 7. The fourth-order valence-electron chi connectivity index (χ4n) is 2.20. The Morgan fingerprint density at radius 3 is 2.75 bits per heavy atom. The summed E-state index contributed by atoms with van der Waals surface area (Å²) in [6.45, 7) is -0.000527. The number of para-hydroxylation sites is 2. The van der Waals surface area contributed by atoms with Crippen LogP contribution in [0.3, 0.4) is 0 Å². The zero-order valence-electron chi connectivity index (χ0n) is 14.8. The lowest BCUT2D eigenvalue weighted by Gasteiger charge is -2.08. The molecular formula is C19H15ClN4O3S. The molecule has 142 valence electrons. The number of tetrazole rings is 1. The van der Waals surface area contributed by atoms with E-state index in [0.717, 1.165) is 5.69 Å². The van der Waals surface area contributed by atoms with Gasteiger partial charge in [0, 0.05) is 5.02 Å². The Morgan fingerprint density at radius 2 is 1.96 bits per heavy atom. The molecule has 0 bridgehead atoms. The molecule has 0 aliphatic heterocycles. The van der Waals surface area contributed by atoms with Gasteiger partial charge in [0.2, 0.25) is 5.16 Å². The number of benzene rings is 2. The third-order valence-electron chi connectivity index (χ3n) is 3.51. The van der Waals surface area contributed by atoms with Crippen LogP contribution in [0.25, 0.3) is 5.69 Å².